The number of halogens is 1. The van der Waals surface area contributed by atoms with Crippen LogP contribution in [0.5, 0.6) is 0 Å². The minimum absolute atomic E-state index is 0.253. The first-order valence-corrected chi connectivity index (χ1v) is 7.68. The van der Waals surface area contributed by atoms with E-state index in [2.05, 4.69) is 37.1 Å². The van der Waals surface area contributed by atoms with E-state index >= 15 is 0 Å². The summed E-state index contributed by atoms with van der Waals surface area (Å²) in [6, 6.07) is 8.40. The summed E-state index contributed by atoms with van der Waals surface area (Å²) in [4.78, 5) is 5.68. The Morgan fingerprint density at radius 2 is 2.21 bits per heavy atom. The molecule has 4 rings (SSSR count). The van der Waals surface area contributed by atoms with Crippen LogP contribution in [0.3, 0.4) is 0 Å². The molecule has 0 fully saturated rings. The summed E-state index contributed by atoms with van der Waals surface area (Å²) < 4.78 is 1.05. The van der Waals surface area contributed by atoms with E-state index < -0.39 is 0 Å². The van der Waals surface area contributed by atoms with E-state index in [1.165, 1.54) is 4.88 Å². The number of nitrogen functional groups attached to an aromatic ring is 1. The largest absolute Gasteiger partial charge is 0.375 e. The molecule has 1 aromatic heterocycles. The number of fused-ring (bicyclic) bond motifs is 3. The van der Waals surface area contributed by atoms with Crippen LogP contribution < -0.4 is 10.7 Å². The molecule has 1 aromatic carbocycles. The van der Waals surface area contributed by atoms with Crippen LogP contribution in [0.2, 0.25) is 0 Å². The van der Waals surface area contributed by atoms with Gasteiger partial charge < -0.3 is 5.73 Å². The number of nitrogens with zero attached hydrogens (tertiary/aromatic N) is 3. The number of benzene rings is 1. The zero-order chi connectivity index (χ0) is 13.0. The summed E-state index contributed by atoms with van der Waals surface area (Å²) in [5.74, 6) is 0.418. The molecule has 2 aromatic rings. The van der Waals surface area contributed by atoms with E-state index in [1.807, 2.05) is 24.4 Å². The summed E-state index contributed by atoms with van der Waals surface area (Å²) in [5, 5.41) is 7.31. The molecule has 2 N–H and O–H groups in total. The van der Waals surface area contributed by atoms with Gasteiger partial charge in [0.15, 0.2) is 5.13 Å². The molecule has 4 nitrogen and oxygen atoms in total. The van der Waals surface area contributed by atoms with Gasteiger partial charge in [0.2, 0.25) is 0 Å². The van der Waals surface area contributed by atoms with Gasteiger partial charge in [0, 0.05) is 23.0 Å². The molecule has 0 spiro atoms. The van der Waals surface area contributed by atoms with Crippen LogP contribution in [0.1, 0.15) is 16.6 Å². The average Bonchev–Trinajstić information content (AvgIpc) is 3.00. The number of aromatic nitrogens is 1. The number of nitrogens with two attached hydrogens (primary N) is 1. The van der Waals surface area contributed by atoms with Gasteiger partial charge in [-0.3, -0.25) is 5.01 Å². The second-order valence-corrected chi connectivity index (χ2v) is 6.65. The molecule has 1 aliphatic heterocycles. The maximum Gasteiger partial charge on any atom is 0.180 e. The lowest BCUT2D eigenvalue weighted by Crippen LogP contribution is -2.20. The summed E-state index contributed by atoms with van der Waals surface area (Å²) in [5.41, 5.74) is 8.05. The molecule has 1 aliphatic carbocycles. The predicted molar refractivity (Wildman–Crippen MR) is 81.6 cm³/mol. The zero-order valence-electron chi connectivity index (χ0n) is 9.95. The van der Waals surface area contributed by atoms with Gasteiger partial charge in [0.25, 0.3) is 0 Å². The van der Waals surface area contributed by atoms with Gasteiger partial charge in [-0.05, 0) is 28.1 Å². The van der Waals surface area contributed by atoms with Crippen molar-refractivity contribution in [3.8, 4) is 0 Å². The van der Waals surface area contributed by atoms with Crippen molar-refractivity contribution >= 4 is 44.3 Å². The lowest BCUT2D eigenvalue weighted by Gasteiger charge is -2.24. The minimum atomic E-state index is 0.253. The number of hydrogen-bond donors (Lipinski definition) is 1. The average molecular weight is 335 g/mol. The second-order valence-electron chi connectivity index (χ2n) is 4.74. The summed E-state index contributed by atoms with van der Waals surface area (Å²) in [6.07, 6.45) is 2.98. The van der Waals surface area contributed by atoms with Gasteiger partial charge in [0.05, 0.1) is 22.3 Å². The van der Waals surface area contributed by atoms with Gasteiger partial charge in [0.1, 0.15) is 0 Å². The van der Waals surface area contributed by atoms with E-state index in [1.54, 1.807) is 11.3 Å². The Morgan fingerprint density at radius 3 is 3.05 bits per heavy atom. The van der Waals surface area contributed by atoms with Crippen LogP contribution in [-0.4, -0.2) is 11.2 Å². The zero-order valence-corrected chi connectivity index (χ0v) is 12.4. The first-order chi connectivity index (χ1) is 9.24. The Kier molecular flexibility index (Phi) is 2.43. The Labute approximate surface area is 123 Å². The van der Waals surface area contributed by atoms with Crippen molar-refractivity contribution < 1.29 is 0 Å². The van der Waals surface area contributed by atoms with Gasteiger partial charge >= 0.3 is 0 Å². The molecule has 2 unspecified atom stereocenters. The second kappa shape index (κ2) is 4.05. The van der Waals surface area contributed by atoms with Crippen molar-refractivity contribution in [3.05, 3.63) is 39.3 Å². The van der Waals surface area contributed by atoms with E-state index in [4.69, 9.17) is 5.73 Å². The van der Waals surface area contributed by atoms with Crippen LogP contribution in [0.4, 0.5) is 10.8 Å². The standard InChI is InChI=1S/C13H11BrN4S/c14-8-3-1-2-4-10(8)18-11-7(6-16-18)5-9-12(11)19-13(15)17-9/h1-4,6-7,11H,5H2,(H2,15,17). The molecule has 19 heavy (non-hydrogen) atoms. The molecule has 0 radical (unpaired) electrons. The quantitative estimate of drug-likeness (QED) is 0.871. The highest BCUT2D eigenvalue weighted by molar-refractivity contribution is 9.10. The molecule has 2 heterocycles. The lowest BCUT2D eigenvalue weighted by atomic mass is 10.1. The van der Waals surface area contributed by atoms with Gasteiger partial charge in [-0.2, -0.15) is 5.10 Å². The normalized spacial score (nSPS) is 23.7. The summed E-state index contributed by atoms with van der Waals surface area (Å²) in [7, 11) is 0. The Morgan fingerprint density at radius 1 is 1.37 bits per heavy atom. The van der Waals surface area contributed by atoms with Crippen LogP contribution in [-0.2, 0) is 6.42 Å². The highest BCUT2D eigenvalue weighted by Gasteiger charge is 2.42. The fourth-order valence-electron chi connectivity index (χ4n) is 2.79. The Bertz CT molecular complexity index is 681. The molecule has 0 bridgehead atoms. The third-order valence-corrected chi connectivity index (χ3v) is 5.26. The lowest BCUT2D eigenvalue weighted by molar-refractivity contribution is 0.604. The van der Waals surface area contributed by atoms with Crippen molar-refractivity contribution in [1.82, 2.24) is 4.98 Å². The highest BCUT2D eigenvalue weighted by Crippen LogP contribution is 2.48. The van der Waals surface area contributed by atoms with E-state index in [-0.39, 0.29) is 6.04 Å². The number of rotatable bonds is 1. The maximum absolute atomic E-state index is 5.82. The fourth-order valence-corrected chi connectivity index (χ4v) is 4.28. The van der Waals surface area contributed by atoms with Crippen molar-refractivity contribution in [2.24, 2.45) is 11.0 Å². The third-order valence-electron chi connectivity index (χ3n) is 3.59. The third kappa shape index (κ3) is 1.63. The predicted octanol–water partition coefficient (Wildman–Crippen LogP) is 3.21. The smallest absolute Gasteiger partial charge is 0.180 e. The van der Waals surface area contributed by atoms with Crippen LogP contribution in [0.15, 0.2) is 33.8 Å². The molecule has 0 saturated carbocycles. The molecular weight excluding hydrogens is 324 g/mol. The number of hydrazone groups is 1. The van der Waals surface area contributed by atoms with E-state index in [9.17, 15) is 0 Å². The first kappa shape index (κ1) is 11.4. The molecular formula is C13H11BrN4S. The minimum Gasteiger partial charge on any atom is -0.375 e. The Hall–Kier alpha value is -1.40. The van der Waals surface area contributed by atoms with Gasteiger partial charge in [-0.1, -0.05) is 23.5 Å². The molecule has 0 saturated heterocycles. The maximum atomic E-state index is 5.82. The van der Waals surface area contributed by atoms with Crippen molar-refractivity contribution in [1.29, 1.82) is 0 Å². The molecule has 2 aliphatic rings. The number of hydrogen-bond acceptors (Lipinski definition) is 5. The number of para-hydroxylation sites is 1. The highest BCUT2D eigenvalue weighted by atomic mass is 79.9. The van der Waals surface area contributed by atoms with Crippen molar-refractivity contribution in [3.63, 3.8) is 0 Å². The SMILES string of the molecule is Nc1nc2c(s1)C1C(C=NN1c1ccccc1Br)C2. The van der Waals surface area contributed by atoms with Crippen LogP contribution >= 0.6 is 27.3 Å². The van der Waals surface area contributed by atoms with Crippen LogP contribution in [0, 0.1) is 5.92 Å². The van der Waals surface area contributed by atoms with Crippen molar-refractivity contribution in [2.75, 3.05) is 10.7 Å². The van der Waals surface area contributed by atoms with Crippen LogP contribution in [0.25, 0.3) is 0 Å². The van der Waals surface area contributed by atoms with Gasteiger partial charge in [-0.25, -0.2) is 4.98 Å². The van der Waals surface area contributed by atoms with E-state index in [0.717, 1.165) is 22.3 Å². The number of thiazole rings is 1. The first-order valence-electron chi connectivity index (χ1n) is 6.07. The topological polar surface area (TPSA) is 54.5 Å². The molecule has 96 valence electrons. The summed E-state index contributed by atoms with van der Waals surface area (Å²) >= 11 is 5.18. The molecule has 2 atom stereocenters. The van der Waals surface area contributed by atoms with Gasteiger partial charge in [-0.15, -0.1) is 0 Å². The fraction of sp³-hybridized carbons (Fsp3) is 0.231. The molecule has 6 heteroatoms. The Balaban J connectivity index is 1.80. The van der Waals surface area contributed by atoms with Crippen molar-refractivity contribution in [2.45, 2.75) is 12.5 Å². The monoisotopic (exact) mass is 334 g/mol. The summed E-state index contributed by atoms with van der Waals surface area (Å²) in [6.45, 7) is 0. The van der Waals surface area contributed by atoms with E-state index in [0.29, 0.717) is 11.0 Å². The molecule has 0 amide bonds. The number of anilines is 2.